The topological polar surface area (TPSA) is 26.3 Å². The lowest BCUT2D eigenvalue weighted by atomic mass is 9.67. The van der Waals surface area contributed by atoms with Crippen molar-refractivity contribution in [3.8, 4) is 0 Å². The molecule has 2 saturated carbocycles. The summed E-state index contributed by atoms with van der Waals surface area (Å²) in [5.41, 5.74) is 0. The number of ether oxygens (including phenoxy) is 1. The van der Waals surface area contributed by atoms with E-state index < -0.39 is 0 Å². The van der Waals surface area contributed by atoms with Crippen LogP contribution in [0.1, 0.15) is 71.1 Å². The summed E-state index contributed by atoms with van der Waals surface area (Å²) in [6.45, 7) is 2.40. The second-order valence-electron chi connectivity index (χ2n) is 6.18. The third-order valence-corrected chi connectivity index (χ3v) is 4.95. The van der Waals surface area contributed by atoms with Crippen LogP contribution in [0.3, 0.4) is 0 Å². The zero-order valence-electron chi connectivity index (χ0n) is 11.8. The van der Waals surface area contributed by atoms with Crippen molar-refractivity contribution in [2.75, 3.05) is 6.61 Å². The van der Waals surface area contributed by atoms with Gasteiger partial charge in [-0.1, -0.05) is 32.1 Å². The summed E-state index contributed by atoms with van der Waals surface area (Å²) in [6, 6.07) is 0. The van der Waals surface area contributed by atoms with Crippen molar-refractivity contribution in [1.82, 2.24) is 0 Å². The molecular weight excluding hydrogens is 224 g/mol. The molecule has 0 bridgehead atoms. The molecule has 2 aliphatic rings. The average Bonchev–Trinajstić information content (AvgIpc) is 2.39. The Morgan fingerprint density at radius 1 is 1.11 bits per heavy atom. The predicted octanol–water partition coefficient (Wildman–Crippen LogP) is 4.33. The van der Waals surface area contributed by atoms with E-state index in [0.29, 0.717) is 13.0 Å². The van der Waals surface area contributed by atoms with Gasteiger partial charge in [-0.25, -0.2) is 0 Å². The number of hydrogen-bond donors (Lipinski definition) is 0. The molecule has 2 rings (SSSR count). The number of carbonyl (C=O) groups is 1. The van der Waals surface area contributed by atoms with Crippen molar-refractivity contribution < 1.29 is 9.53 Å². The Morgan fingerprint density at radius 3 is 2.67 bits per heavy atom. The van der Waals surface area contributed by atoms with Crippen LogP contribution < -0.4 is 0 Å². The Kier molecular flexibility index (Phi) is 5.52. The van der Waals surface area contributed by atoms with Gasteiger partial charge in [0, 0.05) is 6.42 Å². The van der Waals surface area contributed by atoms with E-state index in [1.807, 2.05) is 6.92 Å². The molecule has 2 nitrogen and oxygen atoms in total. The molecule has 0 spiro atoms. The largest absolute Gasteiger partial charge is 0.466 e. The van der Waals surface area contributed by atoms with Crippen molar-refractivity contribution in [3.05, 3.63) is 0 Å². The highest BCUT2D eigenvalue weighted by molar-refractivity contribution is 5.69. The van der Waals surface area contributed by atoms with Gasteiger partial charge in [-0.3, -0.25) is 4.79 Å². The summed E-state index contributed by atoms with van der Waals surface area (Å²) in [6.07, 6.45) is 13.1. The smallest absolute Gasteiger partial charge is 0.305 e. The average molecular weight is 252 g/mol. The summed E-state index contributed by atoms with van der Waals surface area (Å²) in [5, 5.41) is 0. The molecule has 104 valence electrons. The van der Waals surface area contributed by atoms with Crippen molar-refractivity contribution in [2.24, 2.45) is 17.8 Å². The van der Waals surface area contributed by atoms with Gasteiger partial charge in [-0.05, 0) is 50.4 Å². The first kappa shape index (κ1) is 13.9. The third kappa shape index (κ3) is 4.00. The first-order chi connectivity index (χ1) is 8.79. The first-order valence-corrected chi connectivity index (χ1v) is 7.95. The van der Waals surface area contributed by atoms with Gasteiger partial charge in [0.15, 0.2) is 0 Å². The van der Waals surface area contributed by atoms with Crippen LogP contribution in [0.2, 0.25) is 0 Å². The van der Waals surface area contributed by atoms with E-state index in [1.165, 1.54) is 51.4 Å². The monoisotopic (exact) mass is 252 g/mol. The Labute approximate surface area is 111 Å². The van der Waals surface area contributed by atoms with Gasteiger partial charge in [0.1, 0.15) is 0 Å². The molecule has 0 aromatic heterocycles. The highest BCUT2D eigenvalue weighted by Crippen LogP contribution is 2.43. The number of rotatable bonds is 5. The molecule has 0 N–H and O–H groups in total. The summed E-state index contributed by atoms with van der Waals surface area (Å²) < 4.78 is 4.98. The summed E-state index contributed by atoms with van der Waals surface area (Å²) in [4.78, 5) is 11.3. The zero-order chi connectivity index (χ0) is 12.8. The third-order valence-electron chi connectivity index (χ3n) is 4.95. The number of hydrogen-bond acceptors (Lipinski definition) is 2. The quantitative estimate of drug-likeness (QED) is 0.681. The molecule has 2 aliphatic carbocycles. The van der Waals surface area contributed by atoms with Gasteiger partial charge in [-0.15, -0.1) is 0 Å². The molecule has 3 unspecified atom stereocenters. The van der Waals surface area contributed by atoms with Crippen molar-refractivity contribution in [1.29, 1.82) is 0 Å². The molecule has 0 aromatic carbocycles. The van der Waals surface area contributed by atoms with Gasteiger partial charge in [0.25, 0.3) is 0 Å². The fourth-order valence-electron chi connectivity index (χ4n) is 4.00. The Morgan fingerprint density at radius 2 is 1.89 bits per heavy atom. The van der Waals surface area contributed by atoms with E-state index in [2.05, 4.69) is 0 Å². The SMILES string of the molecule is CCOC(=O)CCCC1CCC2CCCCC2C1. The molecule has 18 heavy (non-hydrogen) atoms. The highest BCUT2D eigenvalue weighted by Gasteiger charge is 2.31. The molecule has 0 radical (unpaired) electrons. The minimum Gasteiger partial charge on any atom is -0.466 e. The van der Waals surface area contributed by atoms with Gasteiger partial charge in [-0.2, -0.15) is 0 Å². The molecule has 0 saturated heterocycles. The molecule has 0 heterocycles. The van der Waals surface area contributed by atoms with E-state index in [1.54, 1.807) is 0 Å². The minimum absolute atomic E-state index is 0.0103. The molecule has 0 aliphatic heterocycles. The van der Waals surface area contributed by atoms with Crippen LogP contribution in [0, 0.1) is 17.8 Å². The zero-order valence-corrected chi connectivity index (χ0v) is 11.8. The normalized spacial score (nSPS) is 31.7. The number of fused-ring (bicyclic) bond motifs is 1. The number of carbonyl (C=O) groups excluding carboxylic acids is 1. The first-order valence-electron chi connectivity index (χ1n) is 7.95. The second-order valence-corrected chi connectivity index (χ2v) is 6.18. The minimum atomic E-state index is -0.0103. The van der Waals surface area contributed by atoms with E-state index in [4.69, 9.17) is 4.74 Å². The maximum Gasteiger partial charge on any atom is 0.305 e. The van der Waals surface area contributed by atoms with Gasteiger partial charge < -0.3 is 4.74 Å². The maximum atomic E-state index is 11.3. The highest BCUT2D eigenvalue weighted by atomic mass is 16.5. The molecular formula is C16H28O2. The van der Waals surface area contributed by atoms with Gasteiger partial charge in [0.05, 0.1) is 6.61 Å². The lowest BCUT2D eigenvalue weighted by molar-refractivity contribution is -0.143. The van der Waals surface area contributed by atoms with Crippen molar-refractivity contribution in [2.45, 2.75) is 71.1 Å². The molecule has 0 aromatic rings. The fourth-order valence-corrected chi connectivity index (χ4v) is 4.00. The van der Waals surface area contributed by atoms with Gasteiger partial charge >= 0.3 is 5.97 Å². The van der Waals surface area contributed by atoms with Crippen LogP contribution in [0.25, 0.3) is 0 Å². The van der Waals surface area contributed by atoms with Crippen LogP contribution in [0.5, 0.6) is 0 Å². The maximum absolute atomic E-state index is 11.3. The van der Waals surface area contributed by atoms with Crippen LogP contribution in [0.15, 0.2) is 0 Å². The van der Waals surface area contributed by atoms with Crippen LogP contribution in [-0.2, 0) is 9.53 Å². The Hall–Kier alpha value is -0.530. The van der Waals surface area contributed by atoms with Crippen LogP contribution >= 0.6 is 0 Å². The van der Waals surface area contributed by atoms with Crippen LogP contribution in [-0.4, -0.2) is 12.6 Å². The molecule has 0 amide bonds. The van der Waals surface area contributed by atoms with E-state index >= 15 is 0 Å². The molecule has 3 atom stereocenters. The Balaban J connectivity index is 1.63. The second kappa shape index (κ2) is 7.16. The van der Waals surface area contributed by atoms with E-state index in [9.17, 15) is 4.79 Å². The van der Waals surface area contributed by atoms with E-state index in [-0.39, 0.29) is 5.97 Å². The standard InChI is InChI=1S/C16H28O2/c1-2-18-16(17)9-5-6-13-10-11-14-7-3-4-8-15(14)12-13/h13-15H,2-12H2,1H3. The predicted molar refractivity (Wildman–Crippen MR) is 73.3 cm³/mol. The van der Waals surface area contributed by atoms with Crippen molar-refractivity contribution >= 4 is 5.97 Å². The lowest BCUT2D eigenvalue weighted by Gasteiger charge is -2.39. The Bertz CT molecular complexity index is 262. The van der Waals surface area contributed by atoms with Crippen molar-refractivity contribution in [3.63, 3.8) is 0 Å². The fraction of sp³-hybridized carbons (Fsp3) is 0.938. The summed E-state index contributed by atoms with van der Waals surface area (Å²) >= 11 is 0. The summed E-state index contributed by atoms with van der Waals surface area (Å²) in [7, 11) is 0. The van der Waals surface area contributed by atoms with E-state index in [0.717, 1.165) is 24.2 Å². The van der Waals surface area contributed by atoms with Gasteiger partial charge in [0.2, 0.25) is 0 Å². The molecule has 2 fully saturated rings. The van der Waals surface area contributed by atoms with Crippen LogP contribution in [0.4, 0.5) is 0 Å². The number of esters is 1. The molecule has 2 heteroatoms. The lowest BCUT2D eigenvalue weighted by Crippen LogP contribution is -2.27. The summed E-state index contributed by atoms with van der Waals surface area (Å²) in [5.74, 6) is 2.93.